The van der Waals surface area contributed by atoms with Crippen LogP contribution in [0.4, 0.5) is 0 Å². The Hall–Kier alpha value is -0.980. The fourth-order valence-electron chi connectivity index (χ4n) is 1.84. The van der Waals surface area contributed by atoms with Gasteiger partial charge in [0, 0.05) is 0 Å². The van der Waals surface area contributed by atoms with E-state index in [1.807, 2.05) is 12.1 Å². The van der Waals surface area contributed by atoms with E-state index < -0.39 is 0 Å². The van der Waals surface area contributed by atoms with Crippen molar-refractivity contribution in [1.82, 2.24) is 0 Å². The van der Waals surface area contributed by atoms with Gasteiger partial charge in [-0.1, -0.05) is 38.8 Å². The van der Waals surface area contributed by atoms with Crippen molar-refractivity contribution in [3.63, 3.8) is 0 Å². The molecule has 84 valence electrons. The van der Waals surface area contributed by atoms with Gasteiger partial charge in [0.05, 0.1) is 7.11 Å². The molecule has 1 atom stereocenters. The molecule has 0 bridgehead atoms. The molecule has 0 saturated carbocycles. The summed E-state index contributed by atoms with van der Waals surface area (Å²) in [6.45, 7) is 4.59. The largest absolute Gasteiger partial charge is 0.497 e. The molecular weight excluding hydrogens is 184 g/mol. The Bertz CT molecular complexity index is 263. The van der Waals surface area contributed by atoms with Crippen LogP contribution in [0, 0.1) is 5.92 Å². The van der Waals surface area contributed by atoms with Crippen molar-refractivity contribution in [2.24, 2.45) is 5.92 Å². The third-order valence-electron chi connectivity index (χ3n) is 2.87. The maximum absolute atomic E-state index is 5.13. The molecule has 0 amide bonds. The third kappa shape index (κ3) is 4.37. The van der Waals surface area contributed by atoms with Gasteiger partial charge in [-0.2, -0.15) is 0 Å². The van der Waals surface area contributed by atoms with Crippen molar-refractivity contribution in [3.8, 4) is 5.75 Å². The average Bonchev–Trinajstić information content (AvgIpc) is 2.27. The van der Waals surface area contributed by atoms with Gasteiger partial charge in [0.1, 0.15) is 5.75 Å². The summed E-state index contributed by atoms with van der Waals surface area (Å²) in [5.74, 6) is 1.79. The van der Waals surface area contributed by atoms with Crippen molar-refractivity contribution in [2.45, 2.75) is 39.5 Å². The Labute approximate surface area is 93.5 Å². The van der Waals surface area contributed by atoms with E-state index in [4.69, 9.17) is 4.74 Å². The number of rotatable bonds is 6. The second-order valence-corrected chi connectivity index (χ2v) is 4.28. The van der Waals surface area contributed by atoms with Crippen molar-refractivity contribution in [3.05, 3.63) is 29.8 Å². The molecule has 1 rings (SSSR count). The standard InChI is InChI=1S/C14H22O/c1-4-5-12(2)6-7-13-8-10-14(15-3)11-9-13/h8-12H,4-7H2,1-3H3. The molecule has 0 aliphatic carbocycles. The molecule has 0 aromatic heterocycles. The van der Waals surface area contributed by atoms with Gasteiger partial charge in [-0.25, -0.2) is 0 Å². The number of methoxy groups -OCH3 is 1. The average molecular weight is 206 g/mol. The highest BCUT2D eigenvalue weighted by molar-refractivity contribution is 5.27. The Kier molecular flexibility index (Phi) is 5.23. The predicted octanol–water partition coefficient (Wildman–Crippen LogP) is 4.06. The summed E-state index contributed by atoms with van der Waals surface area (Å²) >= 11 is 0. The molecule has 0 aliphatic heterocycles. The topological polar surface area (TPSA) is 9.23 Å². The Morgan fingerprint density at radius 2 is 1.80 bits per heavy atom. The first-order chi connectivity index (χ1) is 7.26. The van der Waals surface area contributed by atoms with Crippen molar-refractivity contribution in [2.75, 3.05) is 7.11 Å². The Morgan fingerprint density at radius 3 is 2.33 bits per heavy atom. The van der Waals surface area contributed by atoms with E-state index in [0.717, 1.165) is 11.7 Å². The summed E-state index contributed by atoms with van der Waals surface area (Å²) in [6.07, 6.45) is 5.12. The van der Waals surface area contributed by atoms with E-state index in [2.05, 4.69) is 26.0 Å². The maximum atomic E-state index is 5.13. The first-order valence-electron chi connectivity index (χ1n) is 5.89. The van der Waals surface area contributed by atoms with Gasteiger partial charge in [-0.05, 0) is 36.5 Å². The van der Waals surface area contributed by atoms with Crippen molar-refractivity contribution >= 4 is 0 Å². The highest BCUT2D eigenvalue weighted by Crippen LogP contribution is 2.16. The van der Waals surface area contributed by atoms with Crippen LogP contribution in [-0.4, -0.2) is 7.11 Å². The van der Waals surface area contributed by atoms with E-state index in [1.165, 1.54) is 31.2 Å². The first-order valence-corrected chi connectivity index (χ1v) is 5.89. The molecule has 0 spiro atoms. The smallest absolute Gasteiger partial charge is 0.118 e. The minimum Gasteiger partial charge on any atom is -0.497 e. The normalized spacial score (nSPS) is 12.5. The van der Waals surface area contributed by atoms with Gasteiger partial charge in [-0.15, -0.1) is 0 Å². The zero-order valence-electron chi connectivity index (χ0n) is 10.1. The minimum absolute atomic E-state index is 0.845. The number of ether oxygens (including phenoxy) is 1. The second-order valence-electron chi connectivity index (χ2n) is 4.28. The van der Waals surface area contributed by atoms with E-state index in [1.54, 1.807) is 7.11 Å². The highest BCUT2D eigenvalue weighted by Gasteiger charge is 2.01. The van der Waals surface area contributed by atoms with E-state index >= 15 is 0 Å². The van der Waals surface area contributed by atoms with E-state index in [0.29, 0.717) is 0 Å². The molecule has 1 aromatic carbocycles. The number of aryl methyl sites for hydroxylation is 1. The quantitative estimate of drug-likeness (QED) is 0.682. The van der Waals surface area contributed by atoms with Crippen LogP contribution in [0.5, 0.6) is 5.75 Å². The summed E-state index contributed by atoms with van der Waals surface area (Å²) in [6, 6.07) is 8.41. The summed E-state index contributed by atoms with van der Waals surface area (Å²) < 4.78 is 5.13. The van der Waals surface area contributed by atoms with Gasteiger partial charge in [-0.3, -0.25) is 0 Å². The van der Waals surface area contributed by atoms with Crippen LogP contribution in [-0.2, 0) is 6.42 Å². The Morgan fingerprint density at radius 1 is 1.13 bits per heavy atom. The lowest BCUT2D eigenvalue weighted by atomic mass is 9.97. The molecule has 1 unspecified atom stereocenters. The monoisotopic (exact) mass is 206 g/mol. The lowest BCUT2D eigenvalue weighted by molar-refractivity contribution is 0.414. The molecule has 1 heteroatoms. The second kappa shape index (κ2) is 6.49. The minimum atomic E-state index is 0.845. The number of benzene rings is 1. The molecule has 0 heterocycles. The van der Waals surface area contributed by atoms with Crippen molar-refractivity contribution < 1.29 is 4.74 Å². The van der Waals surface area contributed by atoms with Crippen LogP contribution in [0.1, 0.15) is 38.7 Å². The molecule has 0 N–H and O–H groups in total. The van der Waals surface area contributed by atoms with Crippen LogP contribution in [0.25, 0.3) is 0 Å². The summed E-state index contributed by atoms with van der Waals surface area (Å²) in [7, 11) is 1.71. The van der Waals surface area contributed by atoms with E-state index in [-0.39, 0.29) is 0 Å². The number of hydrogen-bond donors (Lipinski definition) is 0. The fourth-order valence-corrected chi connectivity index (χ4v) is 1.84. The van der Waals surface area contributed by atoms with Gasteiger partial charge in [0.2, 0.25) is 0 Å². The number of hydrogen-bond acceptors (Lipinski definition) is 1. The van der Waals surface area contributed by atoms with Gasteiger partial charge in [0.15, 0.2) is 0 Å². The van der Waals surface area contributed by atoms with Gasteiger partial charge in [0.25, 0.3) is 0 Å². The molecule has 0 saturated heterocycles. The third-order valence-corrected chi connectivity index (χ3v) is 2.87. The molecule has 1 nitrogen and oxygen atoms in total. The van der Waals surface area contributed by atoms with Crippen LogP contribution in [0.2, 0.25) is 0 Å². The zero-order chi connectivity index (χ0) is 11.1. The van der Waals surface area contributed by atoms with Crippen LogP contribution < -0.4 is 4.74 Å². The molecule has 0 radical (unpaired) electrons. The molecule has 15 heavy (non-hydrogen) atoms. The maximum Gasteiger partial charge on any atom is 0.118 e. The van der Waals surface area contributed by atoms with Gasteiger partial charge < -0.3 is 4.74 Å². The lowest BCUT2D eigenvalue weighted by Gasteiger charge is -2.09. The van der Waals surface area contributed by atoms with Crippen molar-refractivity contribution in [1.29, 1.82) is 0 Å². The van der Waals surface area contributed by atoms with Crippen LogP contribution in [0.15, 0.2) is 24.3 Å². The first kappa shape index (κ1) is 12.1. The molecule has 0 aliphatic rings. The van der Waals surface area contributed by atoms with Gasteiger partial charge >= 0.3 is 0 Å². The lowest BCUT2D eigenvalue weighted by Crippen LogP contribution is -1.96. The fraction of sp³-hybridized carbons (Fsp3) is 0.571. The summed E-state index contributed by atoms with van der Waals surface area (Å²) in [5.41, 5.74) is 1.42. The zero-order valence-corrected chi connectivity index (χ0v) is 10.1. The summed E-state index contributed by atoms with van der Waals surface area (Å²) in [5, 5.41) is 0. The molecule has 1 aromatic rings. The molecular formula is C14H22O. The Balaban J connectivity index is 2.37. The molecule has 0 fully saturated rings. The SMILES string of the molecule is CCCC(C)CCc1ccc(OC)cc1. The van der Waals surface area contributed by atoms with E-state index in [9.17, 15) is 0 Å². The highest BCUT2D eigenvalue weighted by atomic mass is 16.5. The predicted molar refractivity (Wildman–Crippen MR) is 65.4 cm³/mol. The van der Waals surface area contributed by atoms with Crippen LogP contribution >= 0.6 is 0 Å². The summed E-state index contributed by atoms with van der Waals surface area (Å²) in [4.78, 5) is 0. The van der Waals surface area contributed by atoms with Crippen LogP contribution in [0.3, 0.4) is 0 Å².